The Hall–Kier alpha value is -1.42. The Morgan fingerprint density at radius 3 is 3.06 bits per heavy atom. The van der Waals surface area contributed by atoms with Crippen molar-refractivity contribution in [1.29, 1.82) is 0 Å². The Balaban J connectivity index is 1.99. The fourth-order valence-electron chi connectivity index (χ4n) is 1.82. The van der Waals surface area contributed by atoms with Gasteiger partial charge in [0.2, 0.25) is 0 Å². The molecule has 0 spiro atoms. The maximum atomic E-state index is 5.32. The Morgan fingerprint density at radius 1 is 1.31 bits per heavy atom. The molecule has 2 aromatic rings. The highest BCUT2D eigenvalue weighted by atomic mass is 79.9. The molecule has 1 aromatic carbocycles. The molecule has 0 N–H and O–H groups in total. The van der Waals surface area contributed by atoms with E-state index in [-0.39, 0.29) is 6.10 Å². The van der Waals surface area contributed by atoms with E-state index in [2.05, 4.69) is 38.2 Å². The van der Waals surface area contributed by atoms with Gasteiger partial charge in [0.15, 0.2) is 6.10 Å². The molecule has 2 heterocycles. The van der Waals surface area contributed by atoms with Crippen LogP contribution >= 0.6 is 15.9 Å². The summed E-state index contributed by atoms with van der Waals surface area (Å²) in [6, 6.07) is 10.2. The number of nitrogens with zero attached hydrogens (tertiary/aromatic N) is 2. The average Bonchev–Trinajstić information content (AvgIpc) is 2.75. The van der Waals surface area contributed by atoms with Crippen LogP contribution in [0, 0.1) is 0 Å². The summed E-state index contributed by atoms with van der Waals surface area (Å²) in [4.78, 5) is 9.61. The monoisotopic (exact) mass is 276 g/mol. The van der Waals surface area contributed by atoms with Gasteiger partial charge in [0.05, 0.1) is 5.52 Å². The molecule has 3 nitrogen and oxygen atoms in total. The van der Waals surface area contributed by atoms with E-state index in [4.69, 9.17) is 4.84 Å². The van der Waals surface area contributed by atoms with E-state index in [1.54, 1.807) is 6.20 Å². The van der Waals surface area contributed by atoms with Crippen LogP contribution in [-0.2, 0) is 4.84 Å². The lowest BCUT2D eigenvalue weighted by atomic mass is 10.0. The fourth-order valence-corrected chi connectivity index (χ4v) is 2.20. The highest BCUT2D eigenvalue weighted by Gasteiger charge is 2.21. The number of fused-ring (bicyclic) bond motifs is 1. The summed E-state index contributed by atoms with van der Waals surface area (Å²) in [5.74, 6) is 0. The first-order chi connectivity index (χ1) is 7.83. The molecule has 1 aliphatic heterocycles. The average molecular weight is 277 g/mol. The van der Waals surface area contributed by atoms with Crippen molar-refractivity contribution in [1.82, 2.24) is 4.98 Å². The molecule has 0 saturated heterocycles. The summed E-state index contributed by atoms with van der Waals surface area (Å²) >= 11 is 3.34. The van der Waals surface area contributed by atoms with Crippen LogP contribution in [0.25, 0.3) is 10.9 Å². The van der Waals surface area contributed by atoms with Gasteiger partial charge in [0, 0.05) is 18.0 Å². The molecule has 0 aliphatic carbocycles. The van der Waals surface area contributed by atoms with Crippen molar-refractivity contribution in [3.8, 4) is 0 Å². The van der Waals surface area contributed by atoms with Gasteiger partial charge in [0.25, 0.3) is 0 Å². The highest BCUT2D eigenvalue weighted by Crippen LogP contribution is 2.30. The quantitative estimate of drug-likeness (QED) is 0.800. The van der Waals surface area contributed by atoms with Crippen LogP contribution in [0.3, 0.4) is 0 Å². The number of rotatable bonds is 1. The number of benzene rings is 1. The Labute approximate surface area is 101 Å². The van der Waals surface area contributed by atoms with Crippen LogP contribution in [-0.4, -0.2) is 9.60 Å². The van der Waals surface area contributed by atoms with Crippen molar-refractivity contribution in [3.63, 3.8) is 0 Å². The van der Waals surface area contributed by atoms with Gasteiger partial charge >= 0.3 is 0 Å². The van der Waals surface area contributed by atoms with Crippen LogP contribution in [0.4, 0.5) is 0 Å². The zero-order valence-electron chi connectivity index (χ0n) is 8.43. The van der Waals surface area contributed by atoms with E-state index in [0.717, 1.165) is 27.5 Å². The second-order valence-corrected chi connectivity index (χ2v) is 4.64. The molecule has 0 fully saturated rings. The molecule has 3 rings (SSSR count). The van der Waals surface area contributed by atoms with Crippen molar-refractivity contribution >= 4 is 31.5 Å². The van der Waals surface area contributed by atoms with Crippen LogP contribution in [0.1, 0.15) is 18.1 Å². The summed E-state index contributed by atoms with van der Waals surface area (Å²) in [6.07, 6.45) is 2.62. The molecule has 0 radical (unpaired) electrons. The van der Waals surface area contributed by atoms with E-state index >= 15 is 0 Å². The lowest BCUT2D eigenvalue weighted by Gasteiger charge is -2.08. The van der Waals surface area contributed by atoms with Crippen molar-refractivity contribution in [2.24, 2.45) is 5.16 Å². The molecule has 80 valence electrons. The van der Waals surface area contributed by atoms with Crippen molar-refractivity contribution in [2.45, 2.75) is 12.5 Å². The number of hydrogen-bond acceptors (Lipinski definition) is 3. The molecule has 1 atom stereocenters. The van der Waals surface area contributed by atoms with Gasteiger partial charge in [-0.25, -0.2) is 0 Å². The third-order valence-corrected chi connectivity index (χ3v) is 3.10. The normalized spacial score (nSPS) is 19.6. The molecular weight excluding hydrogens is 268 g/mol. The lowest BCUT2D eigenvalue weighted by Crippen LogP contribution is -1.96. The number of aromatic nitrogens is 1. The standard InChI is InChI=1S/C12H9BrN2O/c13-12-7-11(16-15-12)9-3-4-10-8(6-9)2-1-5-14-10/h1-6,11H,7H2/t11-/m1/s1. The second kappa shape index (κ2) is 3.87. The molecule has 0 amide bonds. The largest absolute Gasteiger partial charge is 0.386 e. The molecule has 0 saturated carbocycles. The van der Waals surface area contributed by atoms with Crippen LogP contribution in [0.2, 0.25) is 0 Å². The van der Waals surface area contributed by atoms with Gasteiger partial charge < -0.3 is 4.84 Å². The minimum atomic E-state index is 0.0268. The van der Waals surface area contributed by atoms with E-state index in [9.17, 15) is 0 Å². The first kappa shape index (κ1) is 9.78. The van der Waals surface area contributed by atoms with Crippen LogP contribution in [0.5, 0.6) is 0 Å². The van der Waals surface area contributed by atoms with Gasteiger partial charge in [-0.2, -0.15) is 0 Å². The maximum Gasteiger partial charge on any atom is 0.158 e. The van der Waals surface area contributed by atoms with Gasteiger partial charge in [-0.05, 0) is 39.7 Å². The molecular formula is C12H9BrN2O. The van der Waals surface area contributed by atoms with Gasteiger partial charge in [-0.1, -0.05) is 17.3 Å². The smallest absolute Gasteiger partial charge is 0.158 e. The second-order valence-electron chi connectivity index (χ2n) is 3.72. The SMILES string of the molecule is BrC1=NO[C@@H](c2ccc3ncccc3c2)C1. The van der Waals surface area contributed by atoms with Crippen LogP contribution in [0.15, 0.2) is 41.7 Å². The van der Waals surface area contributed by atoms with E-state index in [0.29, 0.717) is 0 Å². The van der Waals surface area contributed by atoms with Gasteiger partial charge in [0.1, 0.15) is 4.62 Å². The first-order valence-electron chi connectivity index (χ1n) is 5.06. The first-order valence-corrected chi connectivity index (χ1v) is 5.85. The molecule has 0 bridgehead atoms. The summed E-state index contributed by atoms with van der Waals surface area (Å²) < 4.78 is 0.865. The lowest BCUT2D eigenvalue weighted by molar-refractivity contribution is 0.0859. The Kier molecular flexibility index (Phi) is 2.36. The van der Waals surface area contributed by atoms with Crippen molar-refractivity contribution in [2.75, 3.05) is 0 Å². The van der Waals surface area contributed by atoms with Gasteiger partial charge in [-0.3, -0.25) is 4.98 Å². The third-order valence-electron chi connectivity index (χ3n) is 2.63. The summed E-state index contributed by atoms with van der Waals surface area (Å²) in [5, 5.41) is 5.02. The fraction of sp³-hybridized carbons (Fsp3) is 0.167. The van der Waals surface area contributed by atoms with Crippen molar-refractivity contribution in [3.05, 3.63) is 42.1 Å². The van der Waals surface area contributed by atoms with Gasteiger partial charge in [-0.15, -0.1) is 0 Å². The van der Waals surface area contributed by atoms with Crippen LogP contribution < -0.4 is 0 Å². The summed E-state index contributed by atoms with van der Waals surface area (Å²) in [5.41, 5.74) is 2.14. The minimum absolute atomic E-state index is 0.0268. The molecule has 1 aliphatic rings. The molecule has 1 aromatic heterocycles. The third kappa shape index (κ3) is 1.69. The van der Waals surface area contributed by atoms with E-state index in [1.807, 2.05) is 18.2 Å². The van der Waals surface area contributed by atoms with Crippen molar-refractivity contribution < 1.29 is 4.84 Å². The zero-order chi connectivity index (χ0) is 11.0. The summed E-state index contributed by atoms with van der Waals surface area (Å²) in [6.45, 7) is 0. The number of pyridine rings is 1. The van der Waals surface area contributed by atoms with E-state index in [1.165, 1.54) is 0 Å². The Bertz CT molecular complexity index is 568. The summed E-state index contributed by atoms with van der Waals surface area (Å²) in [7, 11) is 0. The number of hydrogen-bond donors (Lipinski definition) is 0. The number of halogens is 1. The highest BCUT2D eigenvalue weighted by molar-refractivity contribution is 9.18. The predicted octanol–water partition coefficient (Wildman–Crippen LogP) is 3.40. The topological polar surface area (TPSA) is 34.5 Å². The Morgan fingerprint density at radius 2 is 2.25 bits per heavy atom. The molecule has 0 unspecified atom stereocenters. The molecule has 4 heteroatoms. The van der Waals surface area contributed by atoms with E-state index < -0.39 is 0 Å². The molecule has 16 heavy (non-hydrogen) atoms. The minimum Gasteiger partial charge on any atom is -0.386 e. The zero-order valence-corrected chi connectivity index (χ0v) is 10.0. The predicted molar refractivity (Wildman–Crippen MR) is 66.5 cm³/mol. The number of oxime groups is 1. The maximum absolute atomic E-state index is 5.32.